The Labute approximate surface area is 361 Å². The highest BCUT2D eigenvalue weighted by Gasteiger charge is 2.38. The molecule has 2 aromatic heterocycles. The van der Waals surface area contributed by atoms with Crippen molar-refractivity contribution in [3.8, 4) is 34.0 Å². The van der Waals surface area contributed by atoms with E-state index in [0.29, 0.717) is 58.0 Å². The first kappa shape index (κ1) is 41.1. The van der Waals surface area contributed by atoms with E-state index in [2.05, 4.69) is 46.2 Å². The molecule has 0 aliphatic carbocycles. The van der Waals surface area contributed by atoms with Gasteiger partial charge in [0.25, 0.3) is 0 Å². The average Bonchev–Trinajstić information content (AvgIpc) is 3.30. The number of halogens is 2. The van der Waals surface area contributed by atoms with E-state index in [4.69, 9.17) is 29.4 Å². The fraction of sp³-hybridized carbons (Fsp3) is 0.320. The van der Waals surface area contributed by atoms with Gasteiger partial charge in [-0.25, -0.2) is 38.7 Å². The van der Waals surface area contributed by atoms with E-state index in [-0.39, 0.29) is 23.7 Å². The molecule has 12 heteroatoms. The quantitative estimate of drug-likeness (QED) is 0.113. The molecule has 4 heterocycles. The molecule has 318 valence electrons. The first-order chi connectivity index (χ1) is 30.3. The lowest BCUT2D eigenvalue weighted by molar-refractivity contribution is 0.196. The minimum absolute atomic E-state index is 0.0561. The van der Waals surface area contributed by atoms with E-state index < -0.39 is 0 Å². The molecule has 2 aliphatic rings. The number of anilines is 2. The largest absolute Gasteiger partial charge is 0.493 e. The zero-order valence-electron chi connectivity index (χ0n) is 35.5. The summed E-state index contributed by atoms with van der Waals surface area (Å²) in [5.74, 6) is 2.01. The molecule has 0 saturated carbocycles. The van der Waals surface area contributed by atoms with Crippen molar-refractivity contribution in [3.63, 3.8) is 0 Å². The van der Waals surface area contributed by atoms with Crippen molar-refractivity contribution in [2.75, 3.05) is 49.9 Å². The lowest BCUT2D eigenvalue weighted by Crippen LogP contribution is -2.59. The fourth-order valence-corrected chi connectivity index (χ4v) is 8.74. The zero-order valence-corrected chi connectivity index (χ0v) is 35.5. The third kappa shape index (κ3) is 8.62. The Morgan fingerprint density at radius 3 is 1.69 bits per heavy atom. The number of hydrazine groups is 1. The maximum Gasteiger partial charge on any atom is 0.246 e. The second-order valence-electron chi connectivity index (χ2n) is 16.6. The summed E-state index contributed by atoms with van der Waals surface area (Å²) in [7, 11) is 1.67. The highest BCUT2D eigenvalue weighted by atomic mass is 19.1. The van der Waals surface area contributed by atoms with Crippen LogP contribution in [0.3, 0.4) is 0 Å². The Morgan fingerprint density at radius 2 is 1.16 bits per heavy atom. The summed E-state index contributed by atoms with van der Waals surface area (Å²) >= 11 is 0. The number of para-hydroxylation sites is 2. The number of piperidine rings is 2. The second kappa shape index (κ2) is 18.4. The van der Waals surface area contributed by atoms with Gasteiger partial charge in [-0.1, -0.05) is 80.6 Å². The molecule has 0 unspecified atom stereocenters. The van der Waals surface area contributed by atoms with E-state index in [9.17, 15) is 0 Å². The number of hydrogen-bond donors (Lipinski definition) is 1. The first-order valence-electron chi connectivity index (χ1n) is 21.7. The van der Waals surface area contributed by atoms with E-state index in [1.807, 2.05) is 66.7 Å². The van der Waals surface area contributed by atoms with Gasteiger partial charge in [0.2, 0.25) is 11.9 Å². The maximum atomic E-state index is 15.8. The first-order valence-corrected chi connectivity index (χ1v) is 21.7. The summed E-state index contributed by atoms with van der Waals surface area (Å²) in [5.41, 5.74) is 4.37. The smallest absolute Gasteiger partial charge is 0.246 e. The van der Waals surface area contributed by atoms with E-state index >= 15 is 8.78 Å². The number of likely N-dealkylation sites (tertiary alicyclic amines) is 1. The highest BCUT2D eigenvalue weighted by Crippen LogP contribution is 2.38. The molecule has 0 amide bonds. The Kier molecular flexibility index (Phi) is 12.2. The number of benzene rings is 5. The van der Waals surface area contributed by atoms with Gasteiger partial charge in [-0.05, 0) is 98.8 Å². The normalized spacial score (nSPS) is 15.3. The maximum absolute atomic E-state index is 15.8. The molecular weight excluding hydrogens is 783 g/mol. The summed E-state index contributed by atoms with van der Waals surface area (Å²) in [6.07, 6.45) is 3.14. The van der Waals surface area contributed by atoms with Crippen LogP contribution in [-0.4, -0.2) is 76.8 Å². The number of aromatic nitrogens is 4. The van der Waals surface area contributed by atoms with Gasteiger partial charge in [-0.15, -0.1) is 0 Å². The monoisotopic (exact) mass is 834 g/mol. The number of methoxy groups -OCH3 is 1. The van der Waals surface area contributed by atoms with Crippen LogP contribution in [-0.2, 0) is 6.54 Å². The van der Waals surface area contributed by atoms with Gasteiger partial charge < -0.3 is 14.8 Å². The SMILES string of the molecule is COc1ccc(CN2CCC(N(c3nc(-c4ccccc4F)c4ccccc4n3)N(c3nc(-c4ccccc4F)c4ccccc4n3)C3CCNCC3)CC2)cc1OCC(C)C. The predicted molar refractivity (Wildman–Crippen MR) is 242 cm³/mol. The molecule has 2 fully saturated rings. The Bertz CT molecular complexity index is 2670. The summed E-state index contributed by atoms with van der Waals surface area (Å²) in [6, 6.07) is 35.1. The zero-order chi connectivity index (χ0) is 42.6. The van der Waals surface area contributed by atoms with Crippen LogP contribution in [0.2, 0.25) is 0 Å². The topological polar surface area (TPSA) is 91.8 Å². The summed E-state index contributed by atoms with van der Waals surface area (Å²) < 4.78 is 43.3. The average molecular weight is 835 g/mol. The van der Waals surface area contributed by atoms with E-state index in [1.165, 1.54) is 12.1 Å². The molecule has 2 aliphatic heterocycles. The minimum Gasteiger partial charge on any atom is -0.493 e. The molecular formula is C50H52F2N8O2. The molecule has 10 nitrogen and oxygen atoms in total. The van der Waals surface area contributed by atoms with Gasteiger partial charge in [0.05, 0.1) is 48.2 Å². The fourth-order valence-electron chi connectivity index (χ4n) is 8.74. The van der Waals surface area contributed by atoms with Crippen molar-refractivity contribution in [1.29, 1.82) is 0 Å². The van der Waals surface area contributed by atoms with Crippen LogP contribution in [0, 0.1) is 17.6 Å². The van der Waals surface area contributed by atoms with Crippen LogP contribution < -0.4 is 24.8 Å². The van der Waals surface area contributed by atoms with Crippen molar-refractivity contribution in [2.45, 2.75) is 58.2 Å². The molecule has 0 atom stereocenters. The Hall–Kier alpha value is -6.24. The molecule has 62 heavy (non-hydrogen) atoms. The van der Waals surface area contributed by atoms with Gasteiger partial charge in [0, 0.05) is 41.5 Å². The molecule has 2 saturated heterocycles. The molecule has 0 bridgehead atoms. The summed E-state index contributed by atoms with van der Waals surface area (Å²) in [4.78, 5) is 23.6. The van der Waals surface area contributed by atoms with Gasteiger partial charge in [-0.3, -0.25) is 4.90 Å². The van der Waals surface area contributed by atoms with Crippen molar-refractivity contribution in [2.24, 2.45) is 5.92 Å². The van der Waals surface area contributed by atoms with Crippen LogP contribution in [0.15, 0.2) is 115 Å². The van der Waals surface area contributed by atoms with Crippen molar-refractivity contribution in [3.05, 3.63) is 132 Å². The van der Waals surface area contributed by atoms with Crippen molar-refractivity contribution < 1.29 is 18.3 Å². The van der Waals surface area contributed by atoms with Gasteiger partial charge in [0.15, 0.2) is 11.5 Å². The third-order valence-corrected chi connectivity index (χ3v) is 11.8. The molecule has 1 N–H and O–H groups in total. The van der Waals surface area contributed by atoms with E-state index in [0.717, 1.165) is 86.2 Å². The summed E-state index contributed by atoms with van der Waals surface area (Å²) in [6.45, 7) is 8.80. The predicted octanol–water partition coefficient (Wildman–Crippen LogP) is 9.87. The standard InChI is InChI=1S/C50H52F2N8O2/c1-33(2)32-62-46-30-34(20-21-45(46)61-3)31-58-28-24-36(25-29-58)60(50-55-44-19-11-7-15-40(44)48(57-50)38-13-5-9-17-42(38)52)59(35-22-26-53-27-23-35)49-54-43-18-10-6-14-39(43)47(56-49)37-12-4-8-16-41(37)51/h4-21,30,33,35-36,53H,22-29,31-32H2,1-3H3. The molecule has 5 aromatic carbocycles. The lowest BCUT2D eigenvalue weighted by Gasteiger charge is -2.47. The number of rotatable bonds is 13. The molecule has 7 aromatic rings. The molecule has 9 rings (SSSR count). The lowest BCUT2D eigenvalue weighted by atomic mass is 10.0. The van der Waals surface area contributed by atoms with Gasteiger partial charge >= 0.3 is 0 Å². The molecule has 0 spiro atoms. The van der Waals surface area contributed by atoms with Crippen LogP contribution in [0.25, 0.3) is 44.3 Å². The molecule has 0 radical (unpaired) electrons. The third-order valence-electron chi connectivity index (χ3n) is 11.8. The minimum atomic E-state index is -0.360. The van der Waals surface area contributed by atoms with Crippen LogP contribution >= 0.6 is 0 Å². The number of fused-ring (bicyclic) bond motifs is 2. The van der Waals surface area contributed by atoms with Crippen LogP contribution in [0.4, 0.5) is 20.7 Å². The second-order valence-corrected chi connectivity index (χ2v) is 16.6. The number of nitrogens with one attached hydrogen (secondary N) is 1. The summed E-state index contributed by atoms with van der Waals surface area (Å²) in [5, 5.41) is 9.43. The van der Waals surface area contributed by atoms with E-state index in [1.54, 1.807) is 31.4 Å². The van der Waals surface area contributed by atoms with Gasteiger partial charge in [0.1, 0.15) is 11.6 Å². The number of ether oxygens (including phenoxy) is 2. The van der Waals surface area contributed by atoms with Crippen molar-refractivity contribution in [1.82, 2.24) is 30.2 Å². The van der Waals surface area contributed by atoms with Gasteiger partial charge in [-0.2, -0.15) is 0 Å². The number of hydrogen-bond acceptors (Lipinski definition) is 10. The number of nitrogens with zero attached hydrogens (tertiary/aromatic N) is 7. The highest BCUT2D eigenvalue weighted by molar-refractivity contribution is 5.94. The Balaban J connectivity index is 1.17. The van der Waals surface area contributed by atoms with Crippen LogP contribution in [0.1, 0.15) is 45.1 Å². The Morgan fingerprint density at radius 1 is 0.645 bits per heavy atom. The van der Waals surface area contributed by atoms with Crippen LogP contribution in [0.5, 0.6) is 11.5 Å². The van der Waals surface area contributed by atoms with Crippen molar-refractivity contribution >= 4 is 33.7 Å².